The van der Waals surface area contributed by atoms with Gasteiger partial charge in [0.15, 0.2) is 5.78 Å². The van der Waals surface area contributed by atoms with Crippen LogP contribution >= 0.6 is 11.8 Å². The lowest BCUT2D eigenvalue weighted by Crippen LogP contribution is -2.36. The van der Waals surface area contributed by atoms with Crippen molar-refractivity contribution in [1.29, 1.82) is 0 Å². The summed E-state index contributed by atoms with van der Waals surface area (Å²) in [4.78, 5) is 17.8. The fourth-order valence-electron chi connectivity index (χ4n) is 4.12. The molecule has 0 bridgehead atoms. The molecule has 154 valence electrons. The number of hydrogen-bond acceptors (Lipinski definition) is 5. The van der Waals surface area contributed by atoms with E-state index in [1.54, 1.807) is 28.6 Å². The van der Waals surface area contributed by atoms with E-state index in [1.807, 2.05) is 0 Å². The third kappa shape index (κ3) is 4.10. The second-order valence-corrected chi connectivity index (χ2v) is 9.69. The number of unbranched alkanes of at least 4 members (excludes halogenated alkanes) is 2. The maximum absolute atomic E-state index is 13.5. The number of carbonyl (C=O) groups excluding carboxylic acids is 1. The number of nitrogens with zero attached hydrogens (tertiary/aromatic N) is 3. The van der Waals surface area contributed by atoms with Crippen LogP contribution in [0.25, 0.3) is 0 Å². The summed E-state index contributed by atoms with van der Waals surface area (Å²) >= 11 is 1.64. The number of carbonyl (C=O) groups is 1. The number of rotatable bonds is 6. The summed E-state index contributed by atoms with van der Waals surface area (Å²) in [7, 11) is 0. The van der Waals surface area contributed by atoms with Crippen LogP contribution in [-0.4, -0.2) is 26.3 Å². The van der Waals surface area contributed by atoms with Gasteiger partial charge in [0.1, 0.15) is 11.9 Å². The molecule has 7 heteroatoms. The summed E-state index contributed by atoms with van der Waals surface area (Å²) in [5, 5.41) is 8.81. The quantitative estimate of drug-likeness (QED) is 0.509. The second kappa shape index (κ2) is 7.94. The minimum absolute atomic E-state index is 0.101. The molecule has 0 saturated carbocycles. The zero-order valence-electron chi connectivity index (χ0n) is 17.2. The highest BCUT2D eigenvalue weighted by Gasteiger charge is 2.41. The van der Waals surface area contributed by atoms with Crippen LogP contribution in [0.4, 0.5) is 10.3 Å². The molecule has 2 heterocycles. The maximum atomic E-state index is 13.5. The smallest absolute Gasteiger partial charge is 0.227 e. The van der Waals surface area contributed by atoms with Crippen LogP contribution in [-0.2, 0) is 4.79 Å². The minimum Gasteiger partial charge on any atom is -0.328 e. The molecule has 0 spiro atoms. The van der Waals surface area contributed by atoms with Crippen LogP contribution in [0.1, 0.15) is 64.5 Å². The third-order valence-corrected chi connectivity index (χ3v) is 6.40. The standard InChI is InChI=1S/C22H27FN4OS/c1-4-5-6-11-29-21-25-20-24-16-12-22(2,3)13-17(28)18(16)19(27(20)26-21)14-7-9-15(23)10-8-14/h7-10,19H,4-6,11-13H2,1-3H3,(H,24,25,26). The van der Waals surface area contributed by atoms with Gasteiger partial charge in [-0.2, -0.15) is 4.98 Å². The van der Waals surface area contributed by atoms with Gasteiger partial charge in [-0.15, -0.1) is 5.10 Å². The largest absolute Gasteiger partial charge is 0.328 e. The Bertz CT molecular complexity index is 948. The van der Waals surface area contributed by atoms with Gasteiger partial charge in [0, 0.05) is 23.4 Å². The number of hydrogen-bond donors (Lipinski definition) is 1. The molecule has 1 aromatic heterocycles. The van der Waals surface area contributed by atoms with Gasteiger partial charge < -0.3 is 5.32 Å². The number of anilines is 1. The SMILES string of the molecule is CCCCCSc1nc2n(n1)C(c1ccc(F)cc1)C1=C(CC(C)(C)CC1=O)N2. The molecule has 1 aliphatic heterocycles. The number of allylic oxidation sites excluding steroid dienone is 2. The van der Waals surface area contributed by atoms with Crippen LogP contribution in [0.15, 0.2) is 40.7 Å². The van der Waals surface area contributed by atoms with Gasteiger partial charge in [0.05, 0.1) is 0 Å². The Hall–Kier alpha value is -2.15. The Balaban J connectivity index is 1.73. The van der Waals surface area contributed by atoms with Gasteiger partial charge in [0.2, 0.25) is 11.1 Å². The van der Waals surface area contributed by atoms with Crippen LogP contribution in [0.2, 0.25) is 0 Å². The molecular weight excluding hydrogens is 387 g/mol. The number of aromatic nitrogens is 3. The van der Waals surface area contributed by atoms with Crippen LogP contribution < -0.4 is 5.32 Å². The number of nitrogens with one attached hydrogen (secondary N) is 1. The monoisotopic (exact) mass is 414 g/mol. The average molecular weight is 415 g/mol. The van der Waals surface area contributed by atoms with E-state index in [1.165, 1.54) is 25.0 Å². The summed E-state index contributed by atoms with van der Waals surface area (Å²) in [6.45, 7) is 6.40. The van der Waals surface area contributed by atoms with Crippen LogP contribution in [0.5, 0.6) is 0 Å². The van der Waals surface area contributed by atoms with Gasteiger partial charge in [-0.25, -0.2) is 9.07 Å². The van der Waals surface area contributed by atoms with E-state index < -0.39 is 0 Å². The first-order valence-corrected chi connectivity index (χ1v) is 11.2. The highest BCUT2D eigenvalue weighted by Crippen LogP contribution is 2.45. The Labute approximate surface area is 175 Å². The summed E-state index contributed by atoms with van der Waals surface area (Å²) in [6, 6.07) is 5.98. The van der Waals surface area contributed by atoms with Crippen molar-refractivity contribution >= 4 is 23.5 Å². The van der Waals surface area contributed by atoms with Crippen molar-refractivity contribution in [3.05, 3.63) is 46.9 Å². The number of ketones is 1. The molecule has 4 rings (SSSR count). The molecule has 1 atom stereocenters. The Kier molecular flexibility index (Phi) is 5.51. The van der Waals surface area contributed by atoms with Crippen molar-refractivity contribution in [2.24, 2.45) is 5.41 Å². The summed E-state index contributed by atoms with van der Waals surface area (Å²) in [5.41, 5.74) is 2.40. The number of Topliss-reactive ketones (excluding diaryl/α,β-unsaturated/α-hetero) is 1. The summed E-state index contributed by atoms with van der Waals surface area (Å²) in [6.07, 6.45) is 4.76. The van der Waals surface area contributed by atoms with E-state index in [2.05, 4.69) is 31.1 Å². The highest BCUT2D eigenvalue weighted by molar-refractivity contribution is 7.99. The van der Waals surface area contributed by atoms with E-state index in [-0.39, 0.29) is 23.1 Å². The second-order valence-electron chi connectivity index (χ2n) is 8.63. The first-order valence-electron chi connectivity index (χ1n) is 10.3. The maximum Gasteiger partial charge on any atom is 0.227 e. The molecule has 2 aromatic rings. The van der Waals surface area contributed by atoms with E-state index in [9.17, 15) is 9.18 Å². The van der Waals surface area contributed by atoms with E-state index >= 15 is 0 Å². The number of benzene rings is 1. The zero-order valence-corrected chi connectivity index (χ0v) is 18.0. The van der Waals surface area contributed by atoms with Gasteiger partial charge in [-0.1, -0.05) is 57.5 Å². The van der Waals surface area contributed by atoms with E-state index in [0.717, 1.165) is 35.4 Å². The number of thioether (sulfide) groups is 1. The van der Waals surface area contributed by atoms with Crippen molar-refractivity contribution < 1.29 is 9.18 Å². The molecule has 0 amide bonds. The van der Waals surface area contributed by atoms with Crippen molar-refractivity contribution in [2.45, 2.75) is 64.1 Å². The fraction of sp³-hybridized carbons (Fsp3) is 0.500. The number of fused-ring (bicyclic) bond motifs is 1. The molecule has 1 N–H and O–H groups in total. The van der Waals surface area contributed by atoms with Gasteiger partial charge in [-0.3, -0.25) is 4.79 Å². The van der Waals surface area contributed by atoms with Crippen molar-refractivity contribution in [2.75, 3.05) is 11.1 Å². The Morgan fingerprint density at radius 2 is 2.00 bits per heavy atom. The third-order valence-electron chi connectivity index (χ3n) is 5.48. The van der Waals surface area contributed by atoms with E-state index in [0.29, 0.717) is 17.5 Å². The van der Waals surface area contributed by atoms with Gasteiger partial charge >= 0.3 is 0 Å². The predicted octanol–water partition coefficient (Wildman–Crippen LogP) is 5.36. The lowest BCUT2D eigenvalue weighted by atomic mass is 9.73. The average Bonchev–Trinajstić information content (AvgIpc) is 3.06. The van der Waals surface area contributed by atoms with Crippen molar-refractivity contribution in [3.63, 3.8) is 0 Å². The highest BCUT2D eigenvalue weighted by atomic mass is 32.2. The molecule has 0 fully saturated rings. The summed E-state index contributed by atoms with van der Waals surface area (Å²) < 4.78 is 15.3. The molecule has 1 aromatic carbocycles. The first-order chi connectivity index (χ1) is 13.9. The van der Waals surface area contributed by atoms with E-state index in [4.69, 9.17) is 5.10 Å². The molecule has 1 aliphatic carbocycles. The lowest BCUT2D eigenvalue weighted by molar-refractivity contribution is -0.118. The van der Waals surface area contributed by atoms with Crippen molar-refractivity contribution in [3.8, 4) is 0 Å². The predicted molar refractivity (Wildman–Crippen MR) is 113 cm³/mol. The van der Waals surface area contributed by atoms with Gasteiger partial charge in [0.25, 0.3) is 0 Å². The fourth-order valence-corrected chi connectivity index (χ4v) is 4.95. The molecular formula is C22H27FN4OS. The topological polar surface area (TPSA) is 59.8 Å². The molecule has 0 saturated heterocycles. The molecule has 29 heavy (non-hydrogen) atoms. The van der Waals surface area contributed by atoms with Crippen LogP contribution in [0, 0.1) is 11.2 Å². The molecule has 2 aliphatic rings. The molecule has 0 radical (unpaired) electrons. The normalized spacial score (nSPS) is 20.3. The zero-order chi connectivity index (χ0) is 20.6. The Morgan fingerprint density at radius 1 is 1.24 bits per heavy atom. The van der Waals surface area contributed by atoms with Crippen LogP contribution in [0.3, 0.4) is 0 Å². The lowest BCUT2D eigenvalue weighted by Gasteiger charge is -2.38. The number of halogens is 1. The minimum atomic E-state index is -0.372. The molecule has 5 nitrogen and oxygen atoms in total. The van der Waals surface area contributed by atoms with Crippen molar-refractivity contribution in [1.82, 2.24) is 14.8 Å². The van der Waals surface area contributed by atoms with Gasteiger partial charge in [-0.05, 0) is 36.0 Å². The summed E-state index contributed by atoms with van der Waals surface area (Å²) in [5.74, 6) is 1.45. The first kappa shape index (κ1) is 20.1. The molecule has 1 unspecified atom stereocenters. The Morgan fingerprint density at radius 3 is 2.72 bits per heavy atom.